The van der Waals surface area contributed by atoms with E-state index in [1.807, 2.05) is 0 Å². The number of Topliss-reactive ketones (excluding diaryl/α,β-unsaturated/α-hetero) is 1. The molecule has 2 heterocycles. The quantitative estimate of drug-likeness (QED) is 0.655. The molecule has 0 radical (unpaired) electrons. The molecule has 1 saturated carbocycles. The number of hydrogen-bond acceptors (Lipinski definition) is 3. The minimum atomic E-state index is 0.238. The van der Waals surface area contributed by atoms with Crippen molar-refractivity contribution in [2.24, 2.45) is 0 Å². The Bertz CT molecular complexity index is 668. The zero-order chi connectivity index (χ0) is 14.8. The van der Waals surface area contributed by atoms with Gasteiger partial charge in [0.15, 0.2) is 5.78 Å². The van der Waals surface area contributed by atoms with Crippen LogP contribution in [0.3, 0.4) is 0 Å². The van der Waals surface area contributed by atoms with Crippen molar-refractivity contribution >= 4 is 40.6 Å². The van der Waals surface area contributed by atoms with Gasteiger partial charge in [-0.3, -0.25) is 4.79 Å². The predicted octanol–water partition coefficient (Wildman–Crippen LogP) is 5.65. The third-order valence-corrected chi connectivity index (χ3v) is 5.82. The molecule has 0 aliphatic heterocycles. The molecule has 0 N–H and O–H groups in total. The van der Waals surface area contributed by atoms with E-state index in [1.54, 1.807) is 22.7 Å². The Morgan fingerprint density at radius 2 is 1.38 bits per heavy atom. The molecule has 0 saturated heterocycles. The minimum Gasteiger partial charge on any atom is -0.289 e. The lowest BCUT2D eigenvalue weighted by atomic mass is 9.88. The zero-order valence-corrected chi connectivity index (χ0v) is 13.9. The highest BCUT2D eigenvalue weighted by Gasteiger charge is 2.21. The van der Waals surface area contributed by atoms with Gasteiger partial charge in [0.05, 0.1) is 0 Å². The van der Waals surface area contributed by atoms with E-state index < -0.39 is 0 Å². The second-order valence-electron chi connectivity index (χ2n) is 5.46. The van der Waals surface area contributed by atoms with Crippen LogP contribution in [0.4, 0.5) is 0 Å². The maximum Gasteiger partial charge on any atom is 0.185 e. The van der Waals surface area contributed by atoms with Gasteiger partial charge in [0, 0.05) is 20.9 Å². The van der Waals surface area contributed by atoms with E-state index >= 15 is 0 Å². The fourth-order valence-corrected chi connectivity index (χ4v) is 4.33. The van der Waals surface area contributed by atoms with Gasteiger partial charge < -0.3 is 0 Å². The number of allylic oxidation sites excluding steroid dienone is 2. The lowest BCUT2D eigenvalue weighted by molar-refractivity contribution is -0.112. The second kappa shape index (κ2) is 6.12. The van der Waals surface area contributed by atoms with Gasteiger partial charge in [-0.2, -0.15) is 0 Å². The predicted molar refractivity (Wildman–Crippen MR) is 92.9 cm³/mol. The van der Waals surface area contributed by atoms with Crippen LogP contribution < -0.4 is 0 Å². The summed E-state index contributed by atoms with van der Waals surface area (Å²) >= 11 is 3.42. The summed E-state index contributed by atoms with van der Waals surface area (Å²) in [6, 6.07) is 4.21. The van der Waals surface area contributed by atoms with Crippen LogP contribution in [0, 0.1) is 13.8 Å². The molecular formula is C18H18OS2. The van der Waals surface area contributed by atoms with Crippen molar-refractivity contribution in [2.75, 3.05) is 0 Å². The van der Waals surface area contributed by atoms with Crippen molar-refractivity contribution in [1.29, 1.82) is 0 Å². The van der Waals surface area contributed by atoms with E-state index in [-0.39, 0.29) is 5.78 Å². The molecule has 2 aromatic heterocycles. The van der Waals surface area contributed by atoms with Crippen LogP contribution in [-0.2, 0) is 4.79 Å². The number of hydrogen-bond donors (Lipinski definition) is 0. The molecular weight excluding hydrogens is 296 g/mol. The van der Waals surface area contributed by atoms with Crippen molar-refractivity contribution in [3.63, 3.8) is 0 Å². The van der Waals surface area contributed by atoms with Gasteiger partial charge in [0.2, 0.25) is 0 Å². The molecule has 1 nitrogen and oxygen atoms in total. The molecule has 0 spiro atoms. The first-order valence-corrected chi connectivity index (χ1v) is 8.95. The summed E-state index contributed by atoms with van der Waals surface area (Å²) in [6.07, 6.45) is 7.05. The average Bonchev–Trinajstić information content (AvgIpc) is 3.04. The number of carbonyl (C=O) groups excluding carboxylic acids is 1. The topological polar surface area (TPSA) is 17.1 Å². The lowest BCUT2D eigenvalue weighted by Crippen LogP contribution is -2.12. The molecule has 2 aromatic rings. The molecule has 108 valence electrons. The largest absolute Gasteiger partial charge is 0.289 e. The Hall–Kier alpha value is -1.45. The van der Waals surface area contributed by atoms with Crippen LogP contribution in [0.25, 0.3) is 12.2 Å². The number of rotatable bonds is 2. The van der Waals surface area contributed by atoms with Gasteiger partial charge in [0.1, 0.15) is 0 Å². The number of carbonyl (C=O) groups is 1. The smallest absolute Gasteiger partial charge is 0.185 e. The highest BCUT2D eigenvalue weighted by atomic mass is 32.1. The number of ketones is 1. The molecule has 21 heavy (non-hydrogen) atoms. The molecule has 0 aromatic carbocycles. The highest BCUT2D eigenvalue weighted by molar-refractivity contribution is 7.11. The Kier molecular flexibility index (Phi) is 4.22. The summed E-state index contributed by atoms with van der Waals surface area (Å²) in [6.45, 7) is 4.20. The Labute approximate surface area is 133 Å². The van der Waals surface area contributed by atoms with Gasteiger partial charge in [-0.05, 0) is 79.3 Å². The maximum atomic E-state index is 12.7. The van der Waals surface area contributed by atoms with E-state index in [1.165, 1.54) is 20.9 Å². The first-order valence-electron chi connectivity index (χ1n) is 7.19. The first kappa shape index (κ1) is 14.5. The van der Waals surface area contributed by atoms with Crippen LogP contribution in [0.15, 0.2) is 34.0 Å². The van der Waals surface area contributed by atoms with Crippen molar-refractivity contribution in [3.8, 4) is 0 Å². The number of thiophene rings is 2. The highest BCUT2D eigenvalue weighted by Crippen LogP contribution is 2.31. The molecule has 1 aliphatic rings. The van der Waals surface area contributed by atoms with Gasteiger partial charge in [-0.1, -0.05) is 0 Å². The van der Waals surface area contributed by atoms with E-state index in [2.05, 4.69) is 48.9 Å². The summed E-state index contributed by atoms with van der Waals surface area (Å²) in [5, 5.41) is 4.17. The monoisotopic (exact) mass is 314 g/mol. The fraction of sp³-hybridized carbons (Fsp3) is 0.278. The van der Waals surface area contributed by atoms with Crippen LogP contribution in [-0.4, -0.2) is 5.78 Å². The Morgan fingerprint density at radius 1 is 0.905 bits per heavy atom. The Morgan fingerprint density at radius 3 is 1.76 bits per heavy atom. The van der Waals surface area contributed by atoms with Crippen molar-refractivity contribution in [3.05, 3.63) is 54.9 Å². The molecule has 0 unspecified atom stereocenters. The molecule has 0 bridgehead atoms. The summed E-state index contributed by atoms with van der Waals surface area (Å²) in [4.78, 5) is 15.1. The molecule has 1 aliphatic carbocycles. The second-order valence-corrected chi connectivity index (χ2v) is 7.35. The van der Waals surface area contributed by atoms with E-state index in [0.717, 1.165) is 30.4 Å². The SMILES string of the molecule is Cc1ccsc1C=C1CCCC(=Cc2sccc2C)C1=O. The zero-order valence-electron chi connectivity index (χ0n) is 12.3. The van der Waals surface area contributed by atoms with Crippen molar-refractivity contribution in [1.82, 2.24) is 0 Å². The Balaban J connectivity index is 1.91. The van der Waals surface area contributed by atoms with Gasteiger partial charge in [0.25, 0.3) is 0 Å². The lowest BCUT2D eigenvalue weighted by Gasteiger charge is -2.16. The summed E-state index contributed by atoms with van der Waals surface area (Å²) < 4.78 is 0. The van der Waals surface area contributed by atoms with Crippen LogP contribution in [0.2, 0.25) is 0 Å². The van der Waals surface area contributed by atoms with E-state index in [9.17, 15) is 4.79 Å². The minimum absolute atomic E-state index is 0.238. The fourth-order valence-electron chi connectivity index (χ4n) is 2.56. The van der Waals surface area contributed by atoms with Crippen LogP contribution >= 0.6 is 22.7 Å². The molecule has 1 fully saturated rings. The van der Waals surface area contributed by atoms with Crippen LogP contribution in [0.1, 0.15) is 40.1 Å². The molecule has 0 atom stereocenters. The van der Waals surface area contributed by atoms with E-state index in [0.29, 0.717) is 0 Å². The molecule has 3 heteroatoms. The third-order valence-electron chi connectivity index (χ3n) is 3.89. The van der Waals surface area contributed by atoms with Crippen LogP contribution in [0.5, 0.6) is 0 Å². The number of aryl methyl sites for hydroxylation is 2. The van der Waals surface area contributed by atoms with Gasteiger partial charge >= 0.3 is 0 Å². The summed E-state index contributed by atoms with van der Waals surface area (Å²) in [5.41, 5.74) is 4.44. The molecule has 3 rings (SSSR count). The van der Waals surface area contributed by atoms with Crippen molar-refractivity contribution < 1.29 is 4.79 Å². The maximum absolute atomic E-state index is 12.7. The third kappa shape index (κ3) is 3.09. The summed E-state index contributed by atoms with van der Waals surface area (Å²) in [7, 11) is 0. The first-order chi connectivity index (χ1) is 10.1. The normalized spacial score (nSPS) is 19.6. The van der Waals surface area contributed by atoms with E-state index in [4.69, 9.17) is 0 Å². The van der Waals surface area contributed by atoms with Crippen molar-refractivity contribution in [2.45, 2.75) is 33.1 Å². The van der Waals surface area contributed by atoms with Gasteiger partial charge in [-0.15, -0.1) is 22.7 Å². The molecule has 0 amide bonds. The average molecular weight is 314 g/mol. The van der Waals surface area contributed by atoms with Gasteiger partial charge in [-0.25, -0.2) is 0 Å². The summed E-state index contributed by atoms with van der Waals surface area (Å²) in [5.74, 6) is 0.238. The standard InChI is InChI=1S/C18H18OS2/c1-12-6-8-20-16(12)10-14-4-3-5-15(18(14)19)11-17-13(2)7-9-21-17/h6-11H,3-5H2,1-2H3.